The molecule has 0 aliphatic rings. The zero-order chi connectivity index (χ0) is 12.9. The first-order valence-corrected chi connectivity index (χ1v) is 6.36. The van der Waals surface area contributed by atoms with Crippen molar-refractivity contribution < 1.29 is 4.74 Å². The fraction of sp³-hybridized carbons (Fsp3) is 0.636. The van der Waals surface area contributed by atoms with E-state index in [1.165, 1.54) is 0 Å². The minimum Gasteiger partial charge on any atom is -0.374 e. The minimum atomic E-state index is -0.223. The molecule has 0 spiro atoms. The summed E-state index contributed by atoms with van der Waals surface area (Å²) in [7, 11) is 1.79. The third-order valence-corrected chi connectivity index (χ3v) is 2.76. The van der Waals surface area contributed by atoms with Gasteiger partial charge in [-0.15, -0.1) is 0 Å². The molecule has 0 aliphatic heterocycles. The number of nitrogens with zero attached hydrogens (tertiary/aromatic N) is 2. The summed E-state index contributed by atoms with van der Waals surface area (Å²) in [5.41, 5.74) is -0.223. The molecule has 1 aromatic rings. The van der Waals surface area contributed by atoms with Gasteiger partial charge in [-0.3, -0.25) is 0 Å². The van der Waals surface area contributed by atoms with Crippen LogP contribution in [0.25, 0.3) is 0 Å². The number of ether oxygens (including phenoxy) is 1. The molecule has 0 fully saturated rings. The van der Waals surface area contributed by atoms with Crippen molar-refractivity contribution in [2.75, 3.05) is 30.8 Å². The molecule has 96 valence electrons. The Morgan fingerprint density at radius 3 is 2.76 bits per heavy atom. The Balaban J connectivity index is 2.68. The molecular weight excluding hydrogens is 284 g/mol. The second-order valence-corrected chi connectivity index (χ2v) is 5.04. The van der Waals surface area contributed by atoms with E-state index >= 15 is 0 Å². The van der Waals surface area contributed by atoms with Gasteiger partial charge >= 0.3 is 0 Å². The largest absolute Gasteiger partial charge is 0.374 e. The van der Waals surface area contributed by atoms with Gasteiger partial charge in [-0.1, -0.05) is 0 Å². The van der Waals surface area contributed by atoms with Gasteiger partial charge in [0.05, 0.1) is 10.1 Å². The van der Waals surface area contributed by atoms with Gasteiger partial charge in [0, 0.05) is 26.4 Å². The van der Waals surface area contributed by atoms with Crippen molar-refractivity contribution in [2.45, 2.75) is 26.4 Å². The molecule has 17 heavy (non-hydrogen) atoms. The van der Waals surface area contributed by atoms with E-state index in [0.29, 0.717) is 19.1 Å². The lowest BCUT2D eigenvalue weighted by atomic mass is 10.1. The van der Waals surface area contributed by atoms with Gasteiger partial charge in [0.15, 0.2) is 0 Å². The van der Waals surface area contributed by atoms with Crippen LogP contribution in [-0.4, -0.2) is 35.8 Å². The summed E-state index contributed by atoms with van der Waals surface area (Å²) in [5.74, 6) is 1.35. The second-order valence-electron chi connectivity index (χ2n) is 4.19. The molecule has 2 N–H and O–H groups in total. The lowest BCUT2D eigenvalue weighted by Gasteiger charge is -2.25. The summed E-state index contributed by atoms with van der Waals surface area (Å²) in [6.07, 6.45) is 1.72. The Kier molecular flexibility index (Phi) is 5.14. The van der Waals surface area contributed by atoms with Crippen LogP contribution in [0.1, 0.15) is 20.8 Å². The Morgan fingerprint density at radius 1 is 1.47 bits per heavy atom. The molecule has 1 heterocycles. The fourth-order valence-electron chi connectivity index (χ4n) is 1.35. The molecule has 1 aromatic heterocycles. The van der Waals surface area contributed by atoms with E-state index < -0.39 is 0 Å². The second kappa shape index (κ2) is 6.16. The van der Waals surface area contributed by atoms with Gasteiger partial charge in [0.25, 0.3) is 0 Å². The standard InChI is InChI=1S/C11H19BrN4O/c1-5-17-11(2,3)7-15-9-8(12)6-14-10(13-4)16-9/h6H,5,7H2,1-4H3,(H2,13,14,15,16). The van der Waals surface area contributed by atoms with Crippen LogP contribution in [0.2, 0.25) is 0 Å². The topological polar surface area (TPSA) is 59.1 Å². The van der Waals surface area contributed by atoms with Gasteiger partial charge in [-0.05, 0) is 36.7 Å². The van der Waals surface area contributed by atoms with Crippen molar-refractivity contribution in [3.05, 3.63) is 10.7 Å². The summed E-state index contributed by atoms with van der Waals surface area (Å²) in [4.78, 5) is 8.42. The monoisotopic (exact) mass is 302 g/mol. The molecule has 0 aromatic carbocycles. The molecule has 1 rings (SSSR count). The fourth-order valence-corrected chi connectivity index (χ4v) is 1.68. The van der Waals surface area contributed by atoms with Crippen LogP contribution >= 0.6 is 15.9 Å². The van der Waals surface area contributed by atoms with E-state index in [2.05, 4.69) is 36.5 Å². The molecule has 0 amide bonds. The molecule has 0 saturated heterocycles. The van der Waals surface area contributed by atoms with E-state index in [1.807, 2.05) is 20.8 Å². The Morgan fingerprint density at radius 2 is 2.18 bits per heavy atom. The first kappa shape index (κ1) is 14.2. The van der Waals surface area contributed by atoms with Gasteiger partial charge in [0.1, 0.15) is 5.82 Å². The Hall–Kier alpha value is -0.880. The van der Waals surface area contributed by atoms with Crippen LogP contribution in [-0.2, 0) is 4.74 Å². The van der Waals surface area contributed by atoms with E-state index in [-0.39, 0.29) is 5.60 Å². The van der Waals surface area contributed by atoms with Crippen molar-refractivity contribution in [1.29, 1.82) is 0 Å². The van der Waals surface area contributed by atoms with Gasteiger partial charge in [-0.25, -0.2) is 4.98 Å². The number of hydrogen-bond donors (Lipinski definition) is 2. The van der Waals surface area contributed by atoms with Crippen molar-refractivity contribution in [2.24, 2.45) is 0 Å². The van der Waals surface area contributed by atoms with Crippen LogP contribution in [0.15, 0.2) is 10.7 Å². The highest BCUT2D eigenvalue weighted by Gasteiger charge is 2.18. The van der Waals surface area contributed by atoms with E-state index in [4.69, 9.17) is 4.74 Å². The first-order valence-electron chi connectivity index (χ1n) is 5.56. The van der Waals surface area contributed by atoms with Gasteiger partial charge in [0.2, 0.25) is 5.95 Å². The number of nitrogens with one attached hydrogen (secondary N) is 2. The molecule has 5 nitrogen and oxygen atoms in total. The van der Waals surface area contributed by atoms with Gasteiger partial charge in [-0.2, -0.15) is 4.98 Å². The van der Waals surface area contributed by atoms with E-state index in [0.717, 1.165) is 10.3 Å². The number of anilines is 2. The van der Waals surface area contributed by atoms with Crippen LogP contribution < -0.4 is 10.6 Å². The SMILES string of the molecule is CCOC(C)(C)CNc1nc(NC)ncc1Br. The number of hydrogen-bond acceptors (Lipinski definition) is 5. The van der Waals surface area contributed by atoms with Crippen molar-refractivity contribution >= 4 is 27.7 Å². The Labute approximate surface area is 111 Å². The van der Waals surface area contributed by atoms with E-state index in [1.54, 1.807) is 13.2 Å². The predicted octanol–water partition coefficient (Wildman–Crippen LogP) is 2.51. The van der Waals surface area contributed by atoms with E-state index in [9.17, 15) is 0 Å². The lowest BCUT2D eigenvalue weighted by Crippen LogP contribution is -2.33. The highest BCUT2D eigenvalue weighted by atomic mass is 79.9. The molecule has 0 aliphatic carbocycles. The van der Waals surface area contributed by atoms with Crippen molar-refractivity contribution in [3.8, 4) is 0 Å². The van der Waals surface area contributed by atoms with Crippen molar-refractivity contribution in [1.82, 2.24) is 9.97 Å². The third kappa shape index (κ3) is 4.47. The summed E-state index contributed by atoms with van der Waals surface area (Å²) >= 11 is 3.41. The third-order valence-electron chi connectivity index (χ3n) is 2.18. The van der Waals surface area contributed by atoms with Gasteiger partial charge < -0.3 is 15.4 Å². The number of aromatic nitrogens is 2. The molecule has 0 bridgehead atoms. The van der Waals surface area contributed by atoms with Crippen LogP contribution in [0.5, 0.6) is 0 Å². The van der Waals surface area contributed by atoms with Crippen LogP contribution in [0.4, 0.5) is 11.8 Å². The predicted molar refractivity (Wildman–Crippen MR) is 73.5 cm³/mol. The zero-order valence-corrected chi connectivity index (χ0v) is 12.3. The van der Waals surface area contributed by atoms with Crippen LogP contribution in [0, 0.1) is 0 Å². The maximum atomic E-state index is 5.61. The smallest absolute Gasteiger partial charge is 0.224 e. The maximum absolute atomic E-state index is 5.61. The first-order chi connectivity index (χ1) is 7.98. The molecule has 0 saturated carbocycles. The maximum Gasteiger partial charge on any atom is 0.224 e. The molecule has 0 atom stereocenters. The van der Waals surface area contributed by atoms with Crippen LogP contribution in [0.3, 0.4) is 0 Å². The van der Waals surface area contributed by atoms with Crippen molar-refractivity contribution in [3.63, 3.8) is 0 Å². The Bertz CT molecular complexity index is 370. The number of rotatable bonds is 6. The summed E-state index contributed by atoms with van der Waals surface area (Å²) in [6, 6.07) is 0. The molecule has 6 heteroatoms. The molecular formula is C11H19BrN4O. The number of halogens is 1. The summed E-state index contributed by atoms with van der Waals surface area (Å²) < 4.78 is 6.45. The lowest BCUT2D eigenvalue weighted by molar-refractivity contribution is 0.000633. The zero-order valence-electron chi connectivity index (χ0n) is 10.7. The summed E-state index contributed by atoms with van der Waals surface area (Å²) in [5, 5.41) is 6.15. The highest BCUT2D eigenvalue weighted by molar-refractivity contribution is 9.10. The quantitative estimate of drug-likeness (QED) is 0.845. The minimum absolute atomic E-state index is 0.223. The molecule has 0 radical (unpaired) electrons. The average molecular weight is 303 g/mol. The summed E-state index contributed by atoms with van der Waals surface area (Å²) in [6.45, 7) is 7.44. The molecule has 0 unspecified atom stereocenters. The highest BCUT2D eigenvalue weighted by Crippen LogP contribution is 2.21. The normalized spacial score (nSPS) is 11.4. The average Bonchev–Trinajstić information content (AvgIpc) is 2.28.